The number of nitrogen functional groups attached to an aromatic ring is 1. The zero-order valence-electron chi connectivity index (χ0n) is 18.5. The van der Waals surface area contributed by atoms with Crippen LogP contribution in [0.1, 0.15) is 55.3 Å². The van der Waals surface area contributed by atoms with Gasteiger partial charge in [-0.3, -0.25) is 9.48 Å². The highest BCUT2D eigenvalue weighted by Gasteiger charge is 2.32. The number of anilines is 1. The number of amides is 1. The number of carbonyl (C=O) groups excluding carboxylic acids is 1. The molecule has 9 nitrogen and oxygen atoms in total. The van der Waals surface area contributed by atoms with Crippen molar-refractivity contribution in [2.45, 2.75) is 39.2 Å². The van der Waals surface area contributed by atoms with Crippen molar-refractivity contribution in [3.63, 3.8) is 0 Å². The van der Waals surface area contributed by atoms with Crippen LogP contribution in [0.2, 0.25) is 0 Å². The second kappa shape index (κ2) is 7.75. The van der Waals surface area contributed by atoms with E-state index in [2.05, 4.69) is 27.1 Å². The topological polar surface area (TPSA) is 107 Å². The van der Waals surface area contributed by atoms with Crippen LogP contribution < -0.4 is 5.73 Å². The molecule has 172 valence electrons. The summed E-state index contributed by atoms with van der Waals surface area (Å²) in [4.78, 5) is 23.6. The Morgan fingerprint density at radius 3 is 2.73 bits per heavy atom. The van der Waals surface area contributed by atoms with Crippen LogP contribution in [-0.4, -0.2) is 53.3 Å². The summed E-state index contributed by atoms with van der Waals surface area (Å²) in [6.07, 6.45) is 4.10. The molecule has 1 saturated heterocycles. The van der Waals surface area contributed by atoms with E-state index in [4.69, 9.17) is 5.73 Å². The predicted molar refractivity (Wildman–Crippen MR) is 118 cm³/mol. The largest absolute Gasteiger partial charge is 0.368 e. The third kappa shape index (κ3) is 3.66. The van der Waals surface area contributed by atoms with Crippen LogP contribution in [0.3, 0.4) is 0 Å². The number of fused-ring (bicyclic) bond motifs is 3. The Kier molecular flexibility index (Phi) is 4.98. The molecule has 2 unspecified atom stereocenters. The quantitative estimate of drug-likeness (QED) is 0.510. The average molecular weight is 454 g/mol. The predicted octanol–water partition coefficient (Wildman–Crippen LogP) is 3.18. The van der Waals surface area contributed by atoms with E-state index in [1.165, 1.54) is 10.6 Å². The lowest BCUT2D eigenvalue weighted by molar-refractivity contribution is 0.0654. The SMILES string of the molecule is CC1CC(c2nc3c4cc(F)cc(F)c4nc(N)n3n2)CN(C(=O)c2cnn(C(C)C)c2)C1. The van der Waals surface area contributed by atoms with E-state index in [1.54, 1.807) is 22.0 Å². The van der Waals surface area contributed by atoms with Gasteiger partial charge in [0.2, 0.25) is 5.95 Å². The summed E-state index contributed by atoms with van der Waals surface area (Å²) < 4.78 is 31.2. The van der Waals surface area contributed by atoms with E-state index >= 15 is 0 Å². The molecule has 1 aliphatic heterocycles. The molecule has 11 heteroatoms. The Labute approximate surface area is 188 Å². The maximum Gasteiger partial charge on any atom is 0.257 e. The summed E-state index contributed by atoms with van der Waals surface area (Å²) in [5.41, 5.74) is 6.70. The second-order valence-electron chi connectivity index (χ2n) is 9.01. The average Bonchev–Trinajstić information content (AvgIpc) is 3.42. The highest BCUT2D eigenvalue weighted by molar-refractivity contribution is 5.94. The first-order valence-electron chi connectivity index (χ1n) is 10.9. The highest BCUT2D eigenvalue weighted by atomic mass is 19.1. The van der Waals surface area contributed by atoms with Crippen LogP contribution >= 0.6 is 0 Å². The minimum Gasteiger partial charge on any atom is -0.368 e. The van der Waals surface area contributed by atoms with Gasteiger partial charge in [-0.05, 0) is 32.3 Å². The fourth-order valence-corrected chi connectivity index (χ4v) is 4.46. The van der Waals surface area contributed by atoms with Crippen molar-refractivity contribution in [3.05, 3.63) is 47.5 Å². The van der Waals surface area contributed by atoms with Crippen molar-refractivity contribution in [3.8, 4) is 0 Å². The van der Waals surface area contributed by atoms with E-state index in [1.807, 2.05) is 13.8 Å². The van der Waals surface area contributed by atoms with Gasteiger partial charge in [0.15, 0.2) is 17.3 Å². The summed E-state index contributed by atoms with van der Waals surface area (Å²) in [5.74, 6) is -1.18. The van der Waals surface area contributed by atoms with Gasteiger partial charge in [-0.1, -0.05) is 6.92 Å². The standard InChI is InChI=1S/C22H24F2N8O/c1-11(2)31-10-14(7-26-31)21(33)30-8-12(3)4-13(9-30)19-28-20-16-5-15(23)6-17(24)18(16)27-22(25)32(20)29-19/h5-7,10-13H,4,8-9H2,1-3H3,(H2,25,27). The smallest absolute Gasteiger partial charge is 0.257 e. The Hall–Kier alpha value is -3.63. The Morgan fingerprint density at radius 1 is 1.21 bits per heavy atom. The molecule has 1 amide bonds. The number of aromatic nitrogens is 6. The number of nitrogens with zero attached hydrogens (tertiary/aromatic N) is 7. The molecule has 1 aromatic carbocycles. The molecule has 0 saturated carbocycles. The van der Waals surface area contributed by atoms with Gasteiger partial charge in [0.05, 0.1) is 17.1 Å². The third-order valence-corrected chi connectivity index (χ3v) is 6.03. The van der Waals surface area contributed by atoms with Crippen molar-refractivity contribution in [2.24, 2.45) is 5.92 Å². The fourth-order valence-electron chi connectivity index (χ4n) is 4.46. The summed E-state index contributed by atoms with van der Waals surface area (Å²) in [6.45, 7) is 7.09. The van der Waals surface area contributed by atoms with Crippen molar-refractivity contribution >= 4 is 28.4 Å². The van der Waals surface area contributed by atoms with Crippen LogP contribution in [0, 0.1) is 17.6 Å². The lowest BCUT2D eigenvalue weighted by atomic mass is 9.89. The molecule has 1 aliphatic rings. The maximum absolute atomic E-state index is 14.3. The number of carbonyl (C=O) groups is 1. The number of benzene rings is 1. The summed E-state index contributed by atoms with van der Waals surface area (Å²) in [6, 6.07) is 2.09. The van der Waals surface area contributed by atoms with Gasteiger partial charge in [-0.15, -0.1) is 5.10 Å². The second-order valence-corrected chi connectivity index (χ2v) is 9.01. The minimum atomic E-state index is -0.811. The van der Waals surface area contributed by atoms with Crippen molar-refractivity contribution < 1.29 is 13.6 Å². The Balaban J connectivity index is 1.50. The lowest BCUT2D eigenvalue weighted by Gasteiger charge is -2.35. The molecule has 1 fully saturated rings. The first kappa shape index (κ1) is 21.2. The monoisotopic (exact) mass is 454 g/mol. The van der Waals surface area contributed by atoms with Gasteiger partial charge < -0.3 is 10.6 Å². The Bertz CT molecular complexity index is 1380. The van der Waals surface area contributed by atoms with Gasteiger partial charge >= 0.3 is 0 Å². The van der Waals surface area contributed by atoms with Gasteiger partial charge in [0.25, 0.3) is 5.91 Å². The van der Waals surface area contributed by atoms with Crippen LogP contribution in [0.4, 0.5) is 14.7 Å². The number of rotatable bonds is 3. The number of hydrogen-bond donors (Lipinski definition) is 1. The van der Waals surface area contributed by atoms with E-state index in [9.17, 15) is 13.6 Å². The molecule has 33 heavy (non-hydrogen) atoms. The van der Waals surface area contributed by atoms with E-state index in [-0.39, 0.29) is 46.3 Å². The molecule has 5 rings (SSSR count). The zero-order chi connectivity index (χ0) is 23.4. The van der Waals surface area contributed by atoms with Gasteiger partial charge in [-0.25, -0.2) is 18.7 Å². The zero-order valence-corrected chi connectivity index (χ0v) is 18.5. The molecule has 0 spiro atoms. The number of nitrogens with two attached hydrogens (primary N) is 1. The summed E-state index contributed by atoms with van der Waals surface area (Å²) >= 11 is 0. The van der Waals surface area contributed by atoms with Crippen molar-refractivity contribution in [2.75, 3.05) is 18.8 Å². The molecule has 2 N–H and O–H groups in total. The first-order chi connectivity index (χ1) is 15.7. The van der Waals surface area contributed by atoms with E-state index < -0.39 is 11.6 Å². The summed E-state index contributed by atoms with van der Waals surface area (Å²) in [7, 11) is 0. The van der Waals surface area contributed by atoms with Gasteiger partial charge in [-0.2, -0.15) is 9.61 Å². The van der Waals surface area contributed by atoms with Crippen LogP contribution in [-0.2, 0) is 0 Å². The molecule has 2 atom stereocenters. The maximum atomic E-state index is 14.3. The lowest BCUT2D eigenvalue weighted by Crippen LogP contribution is -2.42. The molecule has 4 aromatic rings. The van der Waals surface area contributed by atoms with Crippen molar-refractivity contribution in [1.82, 2.24) is 34.3 Å². The van der Waals surface area contributed by atoms with E-state index in [0.717, 1.165) is 12.5 Å². The first-order valence-corrected chi connectivity index (χ1v) is 10.9. The normalized spacial score (nSPS) is 19.2. The van der Waals surface area contributed by atoms with Crippen LogP contribution in [0.5, 0.6) is 0 Å². The Morgan fingerprint density at radius 2 is 2.00 bits per heavy atom. The third-order valence-electron chi connectivity index (χ3n) is 6.03. The minimum absolute atomic E-state index is 0.0420. The van der Waals surface area contributed by atoms with Gasteiger partial charge in [0.1, 0.15) is 11.3 Å². The number of hydrogen-bond acceptors (Lipinski definition) is 6. The fraction of sp³-hybridized carbons (Fsp3) is 0.409. The molecular weight excluding hydrogens is 430 g/mol. The molecule has 3 aromatic heterocycles. The molecule has 0 radical (unpaired) electrons. The van der Waals surface area contributed by atoms with Gasteiger partial charge in [0, 0.05) is 37.3 Å². The number of piperidine rings is 1. The molecular formula is C22H24F2N8O. The highest BCUT2D eigenvalue weighted by Crippen LogP contribution is 2.31. The van der Waals surface area contributed by atoms with E-state index in [0.29, 0.717) is 24.5 Å². The molecule has 4 heterocycles. The number of likely N-dealkylation sites (tertiary alicyclic amines) is 1. The van der Waals surface area contributed by atoms with Crippen molar-refractivity contribution in [1.29, 1.82) is 0 Å². The molecule has 0 bridgehead atoms. The van der Waals surface area contributed by atoms with Crippen LogP contribution in [0.25, 0.3) is 16.6 Å². The summed E-state index contributed by atoms with van der Waals surface area (Å²) in [5, 5.41) is 8.95. The molecule has 0 aliphatic carbocycles. The number of halogens is 2. The van der Waals surface area contributed by atoms with Crippen LogP contribution in [0.15, 0.2) is 24.5 Å².